The molecule has 0 bridgehead atoms. The van der Waals surface area contributed by atoms with Crippen molar-refractivity contribution in [2.24, 2.45) is 0 Å². The maximum atomic E-state index is 13.4. The normalized spacial score (nSPS) is 10.1. The topological polar surface area (TPSA) is 80.9 Å². The summed E-state index contributed by atoms with van der Waals surface area (Å²) in [6.45, 7) is 0. The monoisotopic (exact) mass is 250 g/mol. The van der Waals surface area contributed by atoms with Crippen molar-refractivity contribution in [1.29, 1.82) is 0 Å². The maximum absolute atomic E-state index is 13.4. The lowest BCUT2D eigenvalue weighted by Crippen LogP contribution is -2.14. The number of carbonyl (C=O) groups is 1. The number of aromatic nitrogens is 2. The third-order valence-corrected chi connectivity index (χ3v) is 2.18. The minimum absolute atomic E-state index is 0.198. The first kappa shape index (κ1) is 11.9. The molecule has 0 fully saturated rings. The number of nitrogens with one attached hydrogen (secondary N) is 1. The first-order chi connectivity index (χ1) is 8.58. The van der Waals surface area contributed by atoms with Gasteiger partial charge in [-0.2, -0.15) is 10.2 Å². The molecule has 92 valence electrons. The van der Waals surface area contributed by atoms with E-state index in [-0.39, 0.29) is 16.9 Å². The fourth-order valence-corrected chi connectivity index (χ4v) is 1.28. The summed E-state index contributed by atoms with van der Waals surface area (Å²) in [5, 5.41) is 9.28. The molecule has 1 aromatic carbocycles. The number of nitrogen functional groups attached to an aromatic ring is 1. The Morgan fingerprint density at radius 3 is 2.67 bits per heavy atom. The molecule has 0 saturated heterocycles. The SMILES string of the molecule is Nc1cc(NC(=O)c2ccnnc2)c(F)cc1F. The van der Waals surface area contributed by atoms with Crippen molar-refractivity contribution in [1.82, 2.24) is 10.2 Å². The van der Waals surface area contributed by atoms with E-state index in [9.17, 15) is 13.6 Å². The lowest BCUT2D eigenvalue weighted by atomic mass is 10.2. The molecule has 0 aliphatic heterocycles. The van der Waals surface area contributed by atoms with E-state index >= 15 is 0 Å². The Hall–Kier alpha value is -2.57. The van der Waals surface area contributed by atoms with E-state index in [0.29, 0.717) is 6.07 Å². The highest BCUT2D eigenvalue weighted by molar-refractivity contribution is 6.04. The summed E-state index contributed by atoms with van der Waals surface area (Å²) in [5.41, 5.74) is 5.04. The van der Waals surface area contributed by atoms with Crippen LogP contribution in [-0.2, 0) is 0 Å². The van der Waals surface area contributed by atoms with Crippen molar-refractivity contribution in [2.75, 3.05) is 11.1 Å². The molecular weight excluding hydrogens is 242 g/mol. The van der Waals surface area contributed by atoms with E-state index in [1.807, 2.05) is 0 Å². The first-order valence-corrected chi connectivity index (χ1v) is 4.90. The molecule has 3 N–H and O–H groups in total. The Balaban J connectivity index is 2.25. The lowest BCUT2D eigenvalue weighted by molar-refractivity contribution is 0.102. The Morgan fingerprint density at radius 2 is 2.00 bits per heavy atom. The molecule has 1 heterocycles. The van der Waals surface area contributed by atoms with Crippen molar-refractivity contribution >= 4 is 17.3 Å². The van der Waals surface area contributed by atoms with Gasteiger partial charge in [-0.15, -0.1) is 0 Å². The van der Waals surface area contributed by atoms with Gasteiger partial charge in [-0.05, 0) is 12.1 Å². The second-order valence-corrected chi connectivity index (χ2v) is 3.44. The number of nitrogens with zero attached hydrogens (tertiary/aromatic N) is 2. The number of benzene rings is 1. The van der Waals surface area contributed by atoms with Gasteiger partial charge in [0.05, 0.1) is 29.3 Å². The van der Waals surface area contributed by atoms with E-state index in [2.05, 4.69) is 15.5 Å². The van der Waals surface area contributed by atoms with Crippen LogP contribution in [0.25, 0.3) is 0 Å². The van der Waals surface area contributed by atoms with E-state index < -0.39 is 17.5 Å². The molecule has 2 rings (SSSR count). The van der Waals surface area contributed by atoms with Crippen molar-refractivity contribution in [3.05, 3.63) is 47.8 Å². The van der Waals surface area contributed by atoms with Crippen molar-refractivity contribution in [3.63, 3.8) is 0 Å². The van der Waals surface area contributed by atoms with Crippen LogP contribution in [0.4, 0.5) is 20.2 Å². The van der Waals surface area contributed by atoms with Crippen LogP contribution < -0.4 is 11.1 Å². The van der Waals surface area contributed by atoms with Gasteiger partial charge in [0.15, 0.2) is 0 Å². The molecule has 7 heteroatoms. The zero-order valence-corrected chi connectivity index (χ0v) is 9.02. The molecular formula is C11H8F2N4O. The summed E-state index contributed by atoms with van der Waals surface area (Å²) >= 11 is 0. The van der Waals surface area contributed by atoms with Gasteiger partial charge in [-0.25, -0.2) is 8.78 Å². The van der Waals surface area contributed by atoms with Crippen LogP contribution in [0.5, 0.6) is 0 Å². The number of carbonyl (C=O) groups excluding carboxylic acids is 1. The zero-order chi connectivity index (χ0) is 13.1. The van der Waals surface area contributed by atoms with Gasteiger partial charge >= 0.3 is 0 Å². The molecule has 0 saturated carbocycles. The first-order valence-electron chi connectivity index (χ1n) is 4.90. The standard InChI is InChI=1S/C11H8F2N4O/c12-7-3-8(13)10(4-9(7)14)17-11(18)6-1-2-15-16-5-6/h1-5H,14H2,(H,17,18). The molecule has 0 aliphatic rings. The van der Waals surface area contributed by atoms with Gasteiger partial charge in [-0.1, -0.05) is 0 Å². The number of hydrogen-bond donors (Lipinski definition) is 2. The summed E-state index contributed by atoms with van der Waals surface area (Å²) in [4.78, 5) is 11.7. The number of anilines is 2. The summed E-state index contributed by atoms with van der Waals surface area (Å²) in [5.74, 6) is -2.37. The smallest absolute Gasteiger partial charge is 0.257 e. The van der Waals surface area contributed by atoms with Crippen LogP contribution >= 0.6 is 0 Å². The van der Waals surface area contributed by atoms with Gasteiger partial charge in [-0.3, -0.25) is 4.79 Å². The van der Waals surface area contributed by atoms with E-state index in [1.54, 1.807) is 0 Å². The highest BCUT2D eigenvalue weighted by atomic mass is 19.1. The average molecular weight is 250 g/mol. The Bertz CT molecular complexity index is 589. The van der Waals surface area contributed by atoms with Crippen LogP contribution in [0.2, 0.25) is 0 Å². The van der Waals surface area contributed by atoms with Crippen LogP contribution in [-0.4, -0.2) is 16.1 Å². The lowest BCUT2D eigenvalue weighted by Gasteiger charge is -2.07. The number of nitrogens with two attached hydrogens (primary N) is 1. The molecule has 1 aromatic heterocycles. The molecule has 0 aliphatic carbocycles. The Labute approximate surface area is 101 Å². The molecule has 18 heavy (non-hydrogen) atoms. The van der Waals surface area contributed by atoms with E-state index in [4.69, 9.17) is 5.73 Å². The molecule has 2 aromatic rings. The number of halogens is 2. The molecule has 0 spiro atoms. The van der Waals surface area contributed by atoms with Gasteiger partial charge in [0.2, 0.25) is 0 Å². The summed E-state index contributed by atoms with van der Waals surface area (Å²) < 4.78 is 26.3. The zero-order valence-electron chi connectivity index (χ0n) is 9.02. The van der Waals surface area contributed by atoms with E-state index in [0.717, 1.165) is 6.07 Å². The van der Waals surface area contributed by atoms with Crippen molar-refractivity contribution in [2.45, 2.75) is 0 Å². The maximum Gasteiger partial charge on any atom is 0.257 e. The molecule has 1 amide bonds. The summed E-state index contributed by atoms with van der Waals surface area (Å²) in [6, 6.07) is 3.03. The van der Waals surface area contributed by atoms with Gasteiger partial charge < -0.3 is 11.1 Å². The van der Waals surface area contributed by atoms with Gasteiger partial charge in [0.25, 0.3) is 5.91 Å². The molecule has 5 nitrogen and oxygen atoms in total. The third-order valence-electron chi connectivity index (χ3n) is 2.18. The number of rotatable bonds is 2. The fraction of sp³-hybridized carbons (Fsp3) is 0. The largest absolute Gasteiger partial charge is 0.396 e. The fourth-order valence-electron chi connectivity index (χ4n) is 1.28. The predicted molar refractivity (Wildman–Crippen MR) is 60.8 cm³/mol. The average Bonchev–Trinajstić information content (AvgIpc) is 2.37. The minimum atomic E-state index is -0.905. The highest BCUT2D eigenvalue weighted by Crippen LogP contribution is 2.21. The molecule has 0 radical (unpaired) electrons. The van der Waals surface area contributed by atoms with Gasteiger partial charge in [0, 0.05) is 6.07 Å². The number of amides is 1. The molecule has 0 atom stereocenters. The second-order valence-electron chi connectivity index (χ2n) is 3.44. The Morgan fingerprint density at radius 1 is 1.22 bits per heavy atom. The van der Waals surface area contributed by atoms with Crippen molar-refractivity contribution in [3.8, 4) is 0 Å². The van der Waals surface area contributed by atoms with Gasteiger partial charge in [0.1, 0.15) is 11.6 Å². The molecule has 0 unspecified atom stereocenters. The number of hydrogen-bond acceptors (Lipinski definition) is 4. The van der Waals surface area contributed by atoms with Crippen LogP contribution in [0.1, 0.15) is 10.4 Å². The second kappa shape index (κ2) is 4.74. The third kappa shape index (κ3) is 2.40. The predicted octanol–water partition coefficient (Wildman–Crippen LogP) is 1.59. The highest BCUT2D eigenvalue weighted by Gasteiger charge is 2.12. The van der Waals surface area contributed by atoms with Crippen LogP contribution in [0.3, 0.4) is 0 Å². The van der Waals surface area contributed by atoms with Crippen LogP contribution in [0, 0.1) is 11.6 Å². The minimum Gasteiger partial charge on any atom is -0.396 e. The van der Waals surface area contributed by atoms with E-state index in [1.165, 1.54) is 18.5 Å². The Kier molecular flexibility index (Phi) is 3.13. The summed E-state index contributed by atoms with van der Waals surface area (Å²) in [7, 11) is 0. The van der Waals surface area contributed by atoms with Crippen LogP contribution in [0.15, 0.2) is 30.6 Å². The quantitative estimate of drug-likeness (QED) is 0.793. The van der Waals surface area contributed by atoms with Crippen molar-refractivity contribution < 1.29 is 13.6 Å². The summed E-state index contributed by atoms with van der Waals surface area (Å²) in [6.07, 6.45) is 2.55.